The van der Waals surface area contributed by atoms with Crippen molar-refractivity contribution in [1.29, 1.82) is 0 Å². The van der Waals surface area contributed by atoms with E-state index in [1.165, 1.54) is 13.0 Å². The van der Waals surface area contributed by atoms with Gasteiger partial charge in [0.05, 0.1) is 18.6 Å². The summed E-state index contributed by atoms with van der Waals surface area (Å²) in [6, 6.07) is 12.7. The molecule has 0 saturated carbocycles. The van der Waals surface area contributed by atoms with Gasteiger partial charge >= 0.3 is 11.9 Å². The van der Waals surface area contributed by atoms with E-state index in [0.717, 1.165) is 12.8 Å². The van der Waals surface area contributed by atoms with E-state index in [4.69, 9.17) is 9.47 Å². The molecule has 0 aliphatic heterocycles. The molecule has 3 amide bonds. The van der Waals surface area contributed by atoms with Crippen LogP contribution in [0, 0.1) is 0 Å². The van der Waals surface area contributed by atoms with Crippen molar-refractivity contribution in [2.24, 2.45) is 0 Å². The average molecular weight is 484 g/mol. The molecule has 10 heteroatoms. The summed E-state index contributed by atoms with van der Waals surface area (Å²) in [7, 11) is 0. The summed E-state index contributed by atoms with van der Waals surface area (Å²) in [5, 5.41) is 7.78. The smallest absolute Gasteiger partial charge is 0.338 e. The Morgan fingerprint density at radius 2 is 1.43 bits per heavy atom. The third-order valence-electron chi connectivity index (χ3n) is 4.52. The Kier molecular flexibility index (Phi) is 10.9. The molecule has 0 atom stereocenters. The molecule has 0 fully saturated rings. The Morgan fingerprint density at radius 1 is 0.771 bits per heavy atom. The van der Waals surface area contributed by atoms with Crippen LogP contribution in [-0.4, -0.2) is 42.9 Å². The van der Waals surface area contributed by atoms with E-state index in [-0.39, 0.29) is 18.7 Å². The van der Waals surface area contributed by atoms with Crippen LogP contribution in [0.1, 0.15) is 49.9 Å². The molecule has 0 radical (unpaired) electrons. The number of nitrogens with one attached hydrogen (secondary N) is 3. The van der Waals surface area contributed by atoms with E-state index >= 15 is 0 Å². The first-order chi connectivity index (χ1) is 16.8. The Morgan fingerprint density at radius 3 is 2.09 bits per heavy atom. The molecule has 186 valence electrons. The van der Waals surface area contributed by atoms with Crippen molar-refractivity contribution in [2.45, 2.75) is 39.5 Å². The number of carbonyl (C=O) groups is 5. The zero-order chi connectivity index (χ0) is 25.6. The highest BCUT2D eigenvalue weighted by molar-refractivity contribution is 5.96. The summed E-state index contributed by atoms with van der Waals surface area (Å²) in [4.78, 5) is 59.0. The second kappa shape index (κ2) is 14.1. The van der Waals surface area contributed by atoms with Crippen molar-refractivity contribution in [1.82, 2.24) is 0 Å². The molecular weight excluding hydrogens is 454 g/mol. The molecule has 10 nitrogen and oxygen atoms in total. The molecular formula is C25H29N3O7. The SMILES string of the molecule is CCCCOC(=O)c1cccc(NC(=O)CCC(=O)OCC(=O)Nc2ccc(NC(C)=O)cc2)c1. The van der Waals surface area contributed by atoms with Gasteiger partial charge in [-0.3, -0.25) is 19.2 Å². The standard InChI is InChI=1S/C25H29N3O7/c1-3-4-14-34-25(33)18-6-5-7-21(15-18)28-22(30)12-13-24(32)35-16-23(31)27-20-10-8-19(9-11-20)26-17(2)29/h5-11,15H,3-4,12-14,16H2,1-2H3,(H,26,29)(H,27,31)(H,28,30). The average Bonchev–Trinajstić information content (AvgIpc) is 2.82. The Bertz CT molecular complexity index is 1050. The van der Waals surface area contributed by atoms with Crippen molar-refractivity contribution < 1.29 is 33.4 Å². The third kappa shape index (κ3) is 10.5. The van der Waals surface area contributed by atoms with Crippen LogP contribution in [0.5, 0.6) is 0 Å². The van der Waals surface area contributed by atoms with Crippen LogP contribution in [0.3, 0.4) is 0 Å². The maximum atomic E-state index is 12.1. The molecule has 2 aromatic carbocycles. The summed E-state index contributed by atoms with van der Waals surface area (Å²) in [5.41, 5.74) is 1.76. The number of rotatable bonds is 12. The van der Waals surface area contributed by atoms with Gasteiger partial charge in [-0.15, -0.1) is 0 Å². The van der Waals surface area contributed by atoms with Crippen molar-refractivity contribution in [3.63, 3.8) is 0 Å². The zero-order valence-electron chi connectivity index (χ0n) is 19.7. The van der Waals surface area contributed by atoms with Gasteiger partial charge in [0.2, 0.25) is 11.8 Å². The quantitative estimate of drug-likeness (QED) is 0.310. The number of unbranched alkanes of at least 4 members (excludes halogenated alkanes) is 1. The first-order valence-electron chi connectivity index (χ1n) is 11.2. The van der Waals surface area contributed by atoms with Gasteiger partial charge in [0, 0.05) is 30.4 Å². The number of hydrogen-bond acceptors (Lipinski definition) is 7. The molecule has 35 heavy (non-hydrogen) atoms. The molecule has 0 saturated heterocycles. The van der Waals surface area contributed by atoms with E-state index in [0.29, 0.717) is 29.2 Å². The van der Waals surface area contributed by atoms with Crippen LogP contribution in [0.2, 0.25) is 0 Å². The third-order valence-corrected chi connectivity index (χ3v) is 4.52. The topological polar surface area (TPSA) is 140 Å². The van der Waals surface area contributed by atoms with Crippen molar-refractivity contribution in [3.05, 3.63) is 54.1 Å². The van der Waals surface area contributed by atoms with E-state index < -0.39 is 30.4 Å². The van der Waals surface area contributed by atoms with Gasteiger partial charge in [-0.05, 0) is 48.9 Å². The highest BCUT2D eigenvalue weighted by atomic mass is 16.5. The number of benzene rings is 2. The van der Waals surface area contributed by atoms with Crippen LogP contribution >= 0.6 is 0 Å². The van der Waals surface area contributed by atoms with Gasteiger partial charge in [-0.1, -0.05) is 19.4 Å². The monoisotopic (exact) mass is 483 g/mol. The number of hydrogen-bond donors (Lipinski definition) is 3. The number of ether oxygens (including phenoxy) is 2. The van der Waals surface area contributed by atoms with Gasteiger partial charge in [-0.2, -0.15) is 0 Å². The highest BCUT2D eigenvalue weighted by Crippen LogP contribution is 2.14. The molecule has 0 spiro atoms. The molecule has 0 heterocycles. The molecule has 0 aliphatic rings. The predicted molar refractivity (Wildman–Crippen MR) is 130 cm³/mol. The molecule has 2 rings (SSSR count). The largest absolute Gasteiger partial charge is 0.462 e. The summed E-state index contributed by atoms with van der Waals surface area (Å²) in [5.74, 6) is -2.37. The van der Waals surface area contributed by atoms with Gasteiger partial charge in [-0.25, -0.2) is 4.79 Å². The number of anilines is 3. The lowest BCUT2D eigenvalue weighted by Crippen LogP contribution is -2.21. The first-order valence-corrected chi connectivity index (χ1v) is 11.2. The number of esters is 2. The minimum absolute atomic E-state index is 0.157. The highest BCUT2D eigenvalue weighted by Gasteiger charge is 2.13. The van der Waals surface area contributed by atoms with Gasteiger partial charge in [0.15, 0.2) is 6.61 Å². The van der Waals surface area contributed by atoms with Crippen molar-refractivity contribution in [2.75, 3.05) is 29.2 Å². The van der Waals surface area contributed by atoms with E-state index in [2.05, 4.69) is 16.0 Å². The molecule has 0 aromatic heterocycles. The van der Waals surface area contributed by atoms with Crippen LogP contribution in [-0.2, 0) is 28.7 Å². The van der Waals surface area contributed by atoms with E-state index in [9.17, 15) is 24.0 Å². The second-order valence-electron chi connectivity index (χ2n) is 7.59. The van der Waals surface area contributed by atoms with Gasteiger partial charge in [0.1, 0.15) is 0 Å². The fraction of sp³-hybridized carbons (Fsp3) is 0.320. The Balaban J connectivity index is 1.71. The predicted octanol–water partition coefficient (Wildman–Crippen LogP) is 3.50. The fourth-order valence-corrected chi connectivity index (χ4v) is 2.81. The number of amides is 3. The lowest BCUT2D eigenvalue weighted by molar-refractivity contribution is -0.147. The first kappa shape index (κ1) is 27.0. The lowest BCUT2D eigenvalue weighted by atomic mass is 10.2. The summed E-state index contributed by atoms with van der Waals surface area (Å²) in [6.07, 6.45) is 1.30. The summed E-state index contributed by atoms with van der Waals surface area (Å²) in [6.45, 7) is 3.21. The minimum atomic E-state index is -0.704. The molecule has 2 aromatic rings. The maximum absolute atomic E-state index is 12.1. The van der Waals surface area contributed by atoms with Crippen LogP contribution in [0.4, 0.5) is 17.1 Å². The summed E-state index contributed by atoms with van der Waals surface area (Å²) >= 11 is 0. The Hall–Kier alpha value is -4.21. The van der Waals surface area contributed by atoms with E-state index in [1.54, 1.807) is 42.5 Å². The van der Waals surface area contributed by atoms with Gasteiger partial charge in [0.25, 0.3) is 5.91 Å². The van der Waals surface area contributed by atoms with Crippen molar-refractivity contribution >= 4 is 46.7 Å². The minimum Gasteiger partial charge on any atom is -0.462 e. The van der Waals surface area contributed by atoms with E-state index in [1.807, 2.05) is 6.92 Å². The van der Waals surface area contributed by atoms with Gasteiger partial charge < -0.3 is 25.4 Å². The molecule has 0 bridgehead atoms. The van der Waals surface area contributed by atoms with Crippen LogP contribution < -0.4 is 16.0 Å². The van der Waals surface area contributed by atoms with Crippen molar-refractivity contribution in [3.8, 4) is 0 Å². The Labute approximate surface area is 203 Å². The molecule has 0 aliphatic carbocycles. The molecule has 0 unspecified atom stereocenters. The van der Waals surface area contributed by atoms with Crippen LogP contribution in [0.15, 0.2) is 48.5 Å². The maximum Gasteiger partial charge on any atom is 0.338 e. The normalized spacial score (nSPS) is 10.1. The zero-order valence-corrected chi connectivity index (χ0v) is 19.7. The van der Waals surface area contributed by atoms with Crippen LogP contribution in [0.25, 0.3) is 0 Å². The summed E-state index contributed by atoms with van der Waals surface area (Å²) < 4.78 is 10.1. The fourth-order valence-electron chi connectivity index (χ4n) is 2.81. The lowest BCUT2D eigenvalue weighted by Gasteiger charge is -2.09. The second-order valence-corrected chi connectivity index (χ2v) is 7.59. The number of carbonyl (C=O) groups excluding carboxylic acids is 5. The molecule has 3 N–H and O–H groups in total.